The Morgan fingerprint density at radius 1 is 0.812 bits per heavy atom. The van der Waals surface area contributed by atoms with Crippen LogP contribution < -0.4 is 9.47 Å². The smallest absolute Gasteiger partial charge is 0.355 e. The molecule has 16 heteroatoms. The molecule has 0 saturated carbocycles. The molecule has 1 N–H and O–H groups in total. The van der Waals surface area contributed by atoms with Crippen LogP contribution in [0.5, 0.6) is 11.5 Å². The van der Waals surface area contributed by atoms with E-state index in [4.69, 9.17) is 46.9 Å². The van der Waals surface area contributed by atoms with Crippen LogP contribution in [0.1, 0.15) is 34.8 Å². The minimum Gasteiger partial charge on any atom is -0.486 e. The Labute approximate surface area is 286 Å². The number of nitrogens with one attached hydrogen (secondary N) is 1. The molecule has 0 spiro atoms. The summed E-state index contributed by atoms with van der Waals surface area (Å²) >= 11 is 12.1. The monoisotopic (exact) mass is 736 g/mol. The van der Waals surface area contributed by atoms with Crippen molar-refractivity contribution in [1.82, 2.24) is 9.55 Å². The third-order valence-corrected chi connectivity index (χ3v) is 8.85. The van der Waals surface area contributed by atoms with E-state index in [0.717, 1.165) is 6.04 Å². The van der Waals surface area contributed by atoms with Gasteiger partial charge in [0.15, 0.2) is 0 Å². The van der Waals surface area contributed by atoms with Crippen molar-refractivity contribution in [2.45, 2.75) is 59.1 Å². The van der Waals surface area contributed by atoms with Crippen molar-refractivity contribution in [3.63, 3.8) is 0 Å². The number of fused-ring (bicyclic) bond motifs is 2. The van der Waals surface area contributed by atoms with E-state index in [2.05, 4.69) is 24.6 Å². The van der Waals surface area contributed by atoms with Gasteiger partial charge in [0.1, 0.15) is 42.8 Å². The number of hydrogen-bond acceptors (Lipinski definition) is 7. The zero-order chi connectivity index (χ0) is 35.6. The second-order valence-corrected chi connectivity index (χ2v) is 18.0. The van der Waals surface area contributed by atoms with Crippen molar-refractivity contribution < 1.29 is 50.8 Å². The van der Waals surface area contributed by atoms with E-state index < -0.39 is 46.1 Å². The van der Waals surface area contributed by atoms with Crippen molar-refractivity contribution in [2.75, 3.05) is 33.0 Å². The van der Waals surface area contributed by atoms with Crippen LogP contribution in [0.3, 0.4) is 0 Å². The van der Waals surface area contributed by atoms with Crippen molar-refractivity contribution >= 4 is 65.0 Å². The van der Waals surface area contributed by atoms with Crippen molar-refractivity contribution in [3.8, 4) is 11.5 Å². The van der Waals surface area contributed by atoms with Gasteiger partial charge in [0.2, 0.25) is 0 Å². The van der Waals surface area contributed by atoms with Gasteiger partial charge in [-0.3, -0.25) is 0 Å². The first-order valence-corrected chi connectivity index (χ1v) is 19.5. The molecule has 0 aliphatic heterocycles. The summed E-state index contributed by atoms with van der Waals surface area (Å²) in [5.74, 6) is -0.711. The average Bonchev–Trinajstić information content (AvgIpc) is 3.57. The number of nitrogens with zero attached hydrogens (tertiary/aromatic N) is 1. The first-order valence-electron chi connectivity index (χ1n) is 15.0. The summed E-state index contributed by atoms with van der Waals surface area (Å²) in [4.78, 5) is 26.8. The number of esters is 2. The topological polar surface area (TPSA) is 101 Å². The zero-order valence-electron chi connectivity index (χ0n) is 27.1. The number of rotatable bonds is 15. The normalized spacial score (nSPS) is 11.6. The van der Waals surface area contributed by atoms with Crippen LogP contribution in [0, 0.1) is 0 Å². The SMILES string of the molecule is CCOC(=O)c1cc2cc(Cl)c(OCC(F)F)cc2[nH]1.CCOC(=O)c1cc2cc(Cl)c(OCC(F)F)cc2n1COCC[Si](C)(C)C. The van der Waals surface area contributed by atoms with E-state index in [1.807, 2.05) is 0 Å². The highest BCUT2D eigenvalue weighted by Gasteiger charge is 2.20. The van der Waals surface area contributed by atoms with Gasteiger partial charge < -0.3 is 33.2 Å². The molecule has 9 nitrogen and oxygen atoms in total. The Morgan fingerprint density at radius 3 is 1.94 bits per heavy atom. The Balaban J connectivity index is 0.000000275. The summed E-state index contributed by atoms with van der Waals surface area (Å²) in [5.41, 5.74) is 1.74. The zero-order valence-corrected chi connectivity index (χ0v) is 29.7. The minimum atomic E-state index is -2.61. The predicted octanol–water partition coefficient (Wildman–Crippen LogP) is 9.07. The van der Waals surface area contributed by atoms with E-state index >= 15 is 0 Å². The lowest BCUT2D eigenvalue weighted by atomic mass is 10.2. The third kappa shape index (κ3) is 11.3. The fourth-order valence-electron chi connectivity index (χ4n) is 4.29. The summed E-state index contributed by atoms with van der Waals surface area (Å²) in [6.07, 6.45) is -5.20. The molecule has 0 radical (unpaired) electrons. The third-order valence-electron chi connectivity index (χ3n) is 6.55. The number of benzene rings is 2. The lowest BCUT2D eigenvalue weighted by molar-refractivity contribution is 0.0476. The van der Waals surface area contributed by atoms with Crippen molar-refractivity contribution in [1.29, 1.82) is 0 Å². The lowest BCUT2D eigenvalue weighted by Gasteiger charge is -2.17. The molecule has 0 saturated heterocycles. The van der Waals surface area contributed by atoms with Crippen LogP contribution in [0.4, 0.5) is 17.6 Å². The highest BCUT2D eigenvalue weighted by molar-refractivity contribution is 6.76. The predicted molar refractivity (Wildman–Crippen MR) is 179 cm³/mol. The van der Waals surface area contributed by atoms with Crippen LogP contribution in [-0.4, -0.2) is 75.4 Å². The Hall–Kier alpha value is -3.46. The molecular formula is C32H38Cl2F4N2O7Si. The maximum atomic E-state index is 12.5. The molecule has 4 rings (SSSR count). The molecular weight excluding hydrogens is 699 g/mol. The number of carbonyl (C=O) groups excluding carboxylic acids is 2. The number of H-pyrrole nitrogens is 1. The summed E-state index contributed by atoms with van der Waals surface area (Å²) in [5, 5.41) is 1.74. The number of halogens is 6. The number of ether oxygens (including phenoxy) is 5. The molecule has 0 aliphatic carbocycles. The largest absolute Gasteiger partial charge is 0.486 e. The van der Waals surface area contributed by atoms with Gasteiger partial charge in [-0.1, -0.05) is 42.8 Å². The second-order valence-electron chi connectivity index (χ2n) is 11.5. The highest BCUT2D eigenvalue weighted by atomic mass is 35.5. The molecule has 0 atom stereocenters. The first-order chi connectivity index (χ1) is 22.6. The molecule has 0 bridgehead atoms. The lowest BCUT2D eigenvalue weighted by Crippen LogP contribution is -2.22. The van der Waals surface area contributed by atoms with Crippen LogP contribution in [0.25, 0.3) is 21.8 Å². The van der Waals surface area contributed by atoms with Gasteiger partial charge in [0.05, 0.1) is 28.8 Å². The standard InChI is InChI=1S/C19H26ClF2NO4Si.C13H12ClF2NO3/c1-5-26-19(24)16-9-13-8-14(20)17(27-11-18(21)22)10-15(13)23(16)12-25-6-7-28(2,3)4;1-2-19-13(18)10-4-7-3-8(14)11(5-9(7)17-10)20-6-12(15)16/h8-10,18H,5-7,11-12H2,1-4H3;3-5,12,17H,2,6H2,1H3. The van der Waals surface area contributed by atoms with E-state index in [1.54, 1.807) is 42.7 Å². The summed E-state index contributed by atoms with van der Waals surface area (Å²) in [6, 6.07) is 10.4. The number of aromatic amines is 1. The Kier molecular flexibility index (Phi) is 14.4. The van der Waals surface area contributed by atoms with E-state index in [-0.39, 0.29) is 47.2 Å². The van der Waals surface area contributed by atoms with Crippen LogP contribution in [0.15, 0.2) is 36.4 Å². The number of aromatic nitrogens is 2. The van der Waals surface area contributed by atoms with E-state index in [9.17, 15) is 27.2 Å². The maximum absolute atomic E-state index is 12.5. The van der Waals surface area contributed by atoms with Gasteiger partial charge in [-0.2, -0.15) is 0 Å². The fourth-order valence-corrected chi connectivity index (χ4v) is 5.50. The summed E-state index contributed by atoms with van der Waals surface area (Å²) in [6.45, 7) is 9.88. The Morgan fingerprint density at radius 2 is 1.38 bits per heavy atom. The number of alkyl halides is 4. The van der Waals surface area contributed by atoms with E-state index in [0.29, 0.717) is 34.1 Å². The second kappa shape index (κ2) is 17.8. The molecule has 2 aromatic carbocycles. The molecule has 4 aromatic rings. The maximum Gasteiger partial charge on any atom is 0.355 e. The fraction of sp³-hybridized carbons (Fsp3) is 0.438. The molecule has 48 heavy (non-hydrogen) atoms. The van der Waals surface area contributed by atoms with Gasteiger partial charge in [-0.15, -0.1) is 0 Å². The number of hydrogen-bond donors (Lipinski definition) is 1. The first kappa shape index (κ1) is 39.0. The molecule has 0 aliphatic rings. The van der Waals surface area contributed by atoms with Crippen LogP contribution in [0.2, 0.25) is 35.7 Å². The van der Waals surface area contributed by atoms with Gasteiger partial charge in [-0.05, 0) is 44.2 Å². The van der Waals surface area contributed by atoms with Crippen LogP contribution >= 0.6 is 23.2 Å². The molecule has 2 aromatic heterocycles. The minimum absolute atomic E-state index is 0.131. The van der Waals surface area contributed by atoms with Gasteiger partial charge in [0.25, 0.3) is 12.9 Å². The van der Waals surface area contributed by atoms with Crippen LogP contribution in [-0.2, 0) is 20.9 Å². The molecule has 0 amide bonds. The molecule has 0 unspecified atom stereocenters. The average molecular weight is 738 g/mol. The quantitative estimate of drug-likeness (QED) is 0.0563. The molecule has 2 heterocycles. The summed E-state index contributed by atoms with van der Waals surface area (Å²) in [7, 11) is -1.25. The number of carbonyl (C=O) groups is 2. The summed E-state index contributed by atoms with van der Waals surface area (Å²) < 4.78 is 76.7. The van der Waals surface area contributed by atoms with Gasteiger partial charge in [-0.25, -0.2) is 27.2 Å². The Bertz CT molecular complexity index is 1690. The van der Waals surface area contributed by atoms with Gasteiger partial charge >= 0.3 is 11.9 Å². The van der Waals surface area contributed by atoms with Crippen molar-refractivity contribution in [3.05, 3.63) is 57.8 Å². The molecule has 0 fully saturated rings. The van der Waals surface area contributed by atoms with Crippen molar-refractivity contribution in [2.24, 2.45) is 0 Å². The van der Waals surface area contributed by atoms with Gasteiger partial charge in [0, 0.05) is 43.1 Å². The molecule has 264 valence electrons. The highest BCUT2D eigenvalue weighted by Crippen LogP contribution is 2.33. The van der Waals surface area contributed by atoms with E-state index in [1.165, 1.54) is 12.1 Å².